The van der Waals surface area contributed by atoms with Crippen molar-refractivity contribution in [3.63, 3.8) is 0 Å². The summed E-state index contributed by atoms with van der Waals surface area (Å²) in [5, 5.41) is 10.5. The van der Waals surface area contributed by atoms with Gasteiger partial charge in [0.05, 0.1) is 0 Å². The third kappa shape index (κ3) is 6.30. The van der Waals surface area contributed by atoms with Crippen LogP contribution in [0.25, 0.3) is 0 Å². The molecule has 2 heterocycles. The zero-order valence-electron chi connectivity index (χ0n) is 15.2. The number of rotatable bonds is 8. The average molecular weight is 362 g/mol. The highest BCUT2D eigenvalue weighted by Crippen LogP contribution is 2.08. The molecule has 1 aromatic heterocycles. The molecular weight excluding hydrogens is 336 g/mol. The molecule has 9 heteroatoms. The molecular formula is C17H26N6O3. The van der Waals surface area contributed by atoms with E-state index in [4.69, 9.17) is 0 Å². The van der Waals surface area contributed by atoms with Crippen molar-refractivity contribution < 1.29 is 14.4 Å². The molecule has 1 fully saturated rings. The van der Waals surface area contributed by atoms with E-state index in [1.54, 1.807) is 0 Å². The van der Waals surface area contributed by atoms with Crippen LogP contribution in [0.4, 0.5) is 10.6 Å². The number of urea groups is 1. The third-order valence-electron chi connectivity index (χ3n) is 3.92. The smallest absolute Gasteiger partial charge is 0.322 e. The summed E-state index contributed by atoms with van der Waals surface area (Å²) in [5.74, 6) is 0.865. The van der Waals surface area contributed by atoms with E-state index in [-0.39, 0.29) is 24.7 Å². The summed E-state index contributed by atoms with van der Waals surface area (Å²) in [4.78, 5) is 43.7. The molecule has 0 aliphatic carbocycles. The number of unbranched alkanes of at least 4 members (excludes halogenated alkanes) is 1. The molecule has 9 nitrogen and oxygen atoms in total. The summed E-state index contributed by atoms with van der Waals surface area (Å²) in [6.45, 7) is 4.92. The number of carbonyl (C=O) groups excluding carboxylic acids is 3. The normalized spacial score (nSPS) is 17.1. The van der Waals surface area contributed by atoms with Crippen LogP contribution >= 0.6 is 0 Å². The molecule has 4 amide bonds. The van der Waals surface area contributed by atoms with Gasteiger partial charge in [0.2, 0.25) is 11.8 Å². The molecule has 1 aromatic rings. The molecule has 0 radical (unpaired) electrons. The van der Waals surface area contributed by atoms with Crippen LogP contribution in [0.15, 0.2) is 6.07 Å². The third-order valence-corrected chi connectivity index (χ3v) is 3.92. The van der Waals surface area contributed by atoms with Gasteiger partial charge in [-0.3, -0.25) is 14.9 Å². The molecule has 4 N–H and O–H groups in total. The molecule has 1 saturated heterocycles. The Balaban J connectivity index is 1.77. The molecule has 0 aromatic carbocycles. The van der Waals surface area contributed by atoms with Crippen molar-refractivity contribution in [2.75, 3.05) is 18.4 Å². The van der Waals surface area contributed by atoms with Crippen molar-refractivity contribution in [2.45, 2.75) is 52.0 Å². The quantitative estimate of drug-likeness (QED) is 0.503. The number of hydrogen-bond acceptors (Lipinski definition) is 6. The van der Waals surface area contributed by atoms with Gasteiger partial charge in [-0.15, -0.1) is 0 Å². The topological polar surface area (TPSA) is 125 Å². The molecule has 0 saturated carbocycles. The fraction of sp³-hybridized carbons (Fsp3) is 0.588. The first-order chi connectivity index (χ1) is 12.5. The van der Waals surface area contributed by atoms with Crippen LogP contribution < -0.4 is 21.3 Å². The van der Waals surface area contributed by atoms with Gasteiger partial charge in [-0.05, 0) is 19.8 Å². The van der Waals surface area contributed by atoms with Crippen molar-refractivity contribution in [3.8, 4) is 0 Å². The van der Waals surface area contributed by atoms with E-state index >= 15 is 0 Å². The van der Waals surface area contributed by atoms with Gasteiger partial charge < -0.3 is 16.0 Å². The largest absolute Gasteiger partial charge is 0.368 e. The van der Waals surface area contributed by atoms with Crippen molar-refractivity contribution in [2.24, 2.45) is 0 Å². The number of imide groups is 1. The predicted octanol–water partition coefficient (Wildman–Crippen LogP) is 0.644. The van der Waals surface area contributed by atoms with Gasteiger partial charge in [0.25, 0.3) is 0 Å². The number of amides is 4. The standard InChI is InChI=1S/C17H26N6O3/c1-3-4-5-13-20-11(2)10-14(22-13)18-8-9-19-16(25)12-6-7-15(24)23-17(26)21-12/h10,12H,3-9H2,1-2H3,(H,19,25)(H,18,20,22)(H2,21,23,24,26)/t12-/m1/s1. The van der Waals surface area contributed by atoms with E-state index in [0.29, 0.717) is 13.1 Å². The molecule has 0 unspecified atom stereocenters. The van der Waals surface area contributed by atoms with Crippen molar-refractivity contribution >= 4 is 23.7 Å². The Hall–Kier alpha value is -2.71. The lowest BCUT2D eigenvalue weighted by Gasteiger charge is -2.15. The fourth-order valence-corrected chi connectivity index (χ4v) is 2.59. The first-order valence-electron chi connectivity index (χ1n) is 8.94. The van der Waals surface area contributed by atoms with E-state index in [9.17, 15) is 14.4 Å². The maximum Gasteiger partial charge on any atom is 0.322 e. The summed E-state index contributed by atoms with van der Waals surface area (Å²) >= 11 is 0. The molecule has 1 atom stereocenters. The van der Waals surface area contributed by atoms with Gasteiger partial charge >= 0.3 is 6.03 Å². The lowest BCUT2D eigenvalue weighted by atomic mass is 10.1. The van der Waals surface area contributed by atoms with Gasteiger partial charge in [-0.1, -0.05) is 13.3 Å². The maximum absolute atomic E-state index is 12.1. The SMILES string of the molecule is CCCCc1nc(C)cc(NCCNC(=O)[C@H]2CCC(=O)NC(=O)N2)n1. The van der Waals surface area contributed by atoms with Crippen LogP contribution in [-0.2, 0) is 16.0 Å². The number of aromatic nitrogens is 2. The zero-order chi connectivity index (χ0) is 18.9. The summed E-state index contributed by atoms with van der Waals surface area (Å²) in [7, 11) is 0. The Kier molecular flexibility index (Phi) is 7.31. The lowest BCUT2D eigenvalue weighted by molar-refractivity contribution is -0.123. The fourth-order valence-electron chi connectivity index (χ4n) is 2.59. The second-order valence-corrected chi connectivity index (χ2v) is 6.25. The minimum absolute atomic E-state index is 0.135. The van der Waals surface area contributed by atoms with E-state index in [1.165, 1.54) is 0 Å². The Morgan fingerprint density at radius 2 is 2.12 bits per heavy atom. The molecule has 2 rings (SSSR count). The van der Waals surface area contributed by atoms with Crippen LogP contribution in [0.1, 0.15) is 44.1 Å². The minimum Gasteiger partial charge on any atom is -0.368 e. The second kappa shape index (κ2) is 9.69. The van der Waals surface area contributed by atoms with Crippen LogP contribution in [0.2, 0.25) is 0 Å². The Bertz CT molecular complexity index is 664. The lowest BCUT2D eigenvalue weighted by Crippen LogP contribution is -2.48. The summed E-state index contributed by atoms with van der Waals surface area (Å²) in [5.41, 5.74) is 0.899. The van der Waals surface area contributed by atoms with E-state index in [0.717, 1.165) is 36.6 Å². The minimum atomic E-state index is -0.705. The Morgan fingerprint density at radius 1 is 1.31 bits per heavy atom. The van der Waals surface area contributed by atoms with Crippen molar-refractivity contribution in [1.29, 1.82) is 0 Å². The van der Waals surface area contributed by atoms with Crippen molar-refractivity contribution in [3.05, 3.63) is 17.6 Å². The Labute approximate surface area is 152 Å². The maximum atomic E-state index is 12.1. The highest BCUT2D eigenvalue weighted by molar-refractivity contribution is 5.98. The summed E-state index contributed by atoms with van der Waals surface area (Å²) < 4.78 is 0. The molecule has 142 valence electrons. The van der Waals surface area contributed by atoms with Crippen LogP contribution in [-0.4, -0.2) is 46.9 Å². The Morgan fingerprint density at radius 3 is 2.88 bits per heavy atom. The second-order valence-electron chi connectivity index (χ2n) is 6.25. The first kappa shape index (κ1) is 19.6. The number of anilines is 1. The number of carbonyl (C=O) groups is 3. The predicted molar refractivity (Wildman–Crippen MR) is 96.6 cm³/mol. The first-order valence-corrected chi connectivity index (χ1v) is 8.94. The number of aryl methyl sites for hydroxylation is 2. The van der Waals surface area contributed by atoms with Gasteiger partial charge in [0.1, 0.15) is 17.7 Å². The monoisotopic (exact) mass is 362 g/mol. The van der Waals surface area contributed by atoms with E-state index in [1.807, 2.05) is 13.0 Å². The van der Waals surface area contributed by atoms with Crippen LogP contribution in [0.3, 0.4) is 0 Å². The van der Waals surface area contributed by atoms with E-state index in [2.05, 4.69) is 38.2 Å². The number of hydrogen-bond donors (Lipinski definition) is 4. The van der Waals surface area contributed by atoms with Gasteiger partial charge in [-0.2, -0.15) is 0 Å². The van der Waals surface area contributed by atoms with Crippen LogP contribution in [0, 0.1) is 6.92 Å². The zero-order valence-corrected chi connectivity index (χ0v) is 15.2. The average Bonchev–Trinajstić information content (AvgIpc) is 2.76. The van der Waals surface area contributed by atoms with Crippen LogP contribution in [0.5, 0.6) is 0 Å². The summed E-state index contributed by atoms with van der Waals surface area (Å²) in [6.07, 6.45) is 3.39. The highest BCUT2D eigenvalue weighted by atomic mass is 16.2. The molecule has 26 heavy (non-hydrogen) atoms. The molecule has 1 aliphatic heterocycles. The number of nitrogens with zero attached hydrogens (tertiary/aromatic N) is 2. The van der Waals surface area contributed by atoms with Gasteiger partial charge in [0, 0.05) is 37.7 Å². The number of nitrogens with one attached hydrogen (secondary N) is 4. The van der Waals surface area contributed by atoms with Gasteiger partial charge in [-0.25, -0.2) is 14.8 Å². The highest BCUT2D eigenvalue weighted by Gasteiger charge is 2.25. The molecule has 0 bridgehead atoms. The van der Waals surface area contributed by atoms with E-state index < -0.39 is 12.1 Å². The van der Waals surface area contributed by atoms with Gasteiger partial charge in [0.15, 0.2) is 0 Å². The summed E-state index contributed by atoms with van der Waals surface area (Å²) in [6, 6.07) is 0.519. The van der Waals surface area contributed by atoms with Crippen molar-refractivity contribution in [1.82, 2.24) is 25.9 Å². The molecule has 1 aliphatic rings. The molecule has 0 spiro atoms.